The minimum absolute atomic E-state index is 0.116. The minimum Gasteiger partial charge on any atom is -0.355 e. The van der Waals surface area contributed by atoms with Crippen LogP contribution in [0.4, 0.5) is 0 Å². The molecule has 0 radical (unpaired) electrons. The number of piperidine rings is 1. The van der Waals surface area contributed by atoms with E-state index in [9.17, 15) is 9.59 Å². The smallest absolute Gasteiger partial charge is 0.237 e. The lowest BCUT2D eigenvalue weighted by atomic mass is 9.89. The molecule has 0 unspecified atom stereocenters. The second kappa shape index (κ2) is 6.96. The van der Waals surface area contributed by atoms with Crippen LogP contribution in [-0.2, 0) is 19.1 Å². The highest BCUT2D eigenvalue weighted by Crippen LogP contribution is 2.33. The third-order valence-electron chi connectivity index (χ3n) is 4.54. The number of nitrogens with zero attached hydrogens (tertiary/aromatic N) is 1. The van der Waals surface area contributed by atoms with Crippen molar-refractivity contribution in [2.45, 2.75) is 52.2 Å². The molecule has 6 heteroatoms. The van der Waals surface area contributed by atoms with Crippen molar-refractivity contribution in [2.24, 2.45) is 5.41 Å². The van der Waals surface area contributed by atoms with E-state index in [-0.39, 0.29) is 11.8 Å². The molecular weight excluding hydrogens is 284 g/mol. The number of carbonyl (C=O) groups is 2. The summed E-state index contributed by atoms with van der Waals surface area (Å²) in [5.74, 6) is -0.807. The molecule has 22 heavy (non-hydrogen) atoms. The summed E-state index contributed by atoms with van der Waals surface area (Å²) in [7, 11) is 0. The van der Waals surface area contributed by atoms with Gasteiger partial charge < -0.3 is 19.7 Å². The lowest BCUT2D eigenvalue weighted by Crippen LogP contribution is -2.54. The Morgan fingerprint density at radius 1 is 1.18 bits per heavy atom. The zero-order chi connectivity index (χ0) is 16.2. The summed E-state index contributed by atoms with van der Waals surface area (Å²) in [5.41, 5.74) is -1.03. The number of carbonyl (C=O) groups excluding carboxylic acids is 2. The number of likely N-dealkylation sites (tertiary alicyclic amines) is 1. The van der Waals surface area contributed by atoms with Gasteiger partial charge >= 0.3 is 0 Å². The van der Waals surface area contributed by atoms with Crippen LogP contribution in [0.5, 0.6) is 0 Å². The van der Waals surface area contributed by atoms with Gasteiger partial charge in [-0.3, -0.25) is 9.59 Å². The molecule has 2 aliphatic heterocycles. The quantitative estimate of drug-likeness (QED) is 0.614. The van der Waals surface area contributed by atoms with Crippen molar-refractivity contribution < 1.29 is 19.1 Å². The van der Waals surface area contributed by atoms with Gasteiger partial charge in [0.2, 0.25) is 11.8 Å². The number of unbranched alkanes of at least 4 members (excludes halogenated alkanes) is 1. The van der Waals surface area contributed by atoms with E-state index in [0.29, 0.717) is 45.7 Å². The van der Waals surface area contributed by atoms with Crippen molar-refractivity contribution in [1.29, 1.82) is 0 Å². The molecule has 2 heterocycles. The Bertz CT molecular complexity index is 406. The van der Waals surface area contributed by atoms with Gasteiger partial charge in [0.15, 0.2) is 5.79 Å². The normalized spacial score (nSPS) is 21.1. The maximum absolute atomic E-state index is 12.7. The first kappa shape index (κ1) is 17.2. The molecule has 2 aliphatic rings. The molecule has 1 spiro atoms. The van der Waals surface area contributed by atoms with E-state index in [4.69, 9.17) is 9.47 Å². The zero-order valence-electron chi connectivity index (χ0n) is 13.9. The van der Waals surface area contributed by atoms with Crippen LogP contribution in [0.1, 0.15) is 46.5 Å². The predicted octanol–water partition coefficient (Wildman–Crippen LogP) is 1.29. The summed E-state index contributed by atoms with van der Waals surface area (Å²) in [6.45, 7) is 8.48. The molecule has 126 valence electrons. The maximum Gasteiger partial charge on any atom is 0.237 e. The first-order valence-electron chi connectivity index (χ1n) is 8.27. The molecule has 2 fully saturated rings. The van der Waals surface area contributed by atoms with Gasteiger partial charge in [-0.15, -0.1) is 0 Å². The number of ether oxygens (including phenoxy) is 2. The van der Waals surface area contributed by atoms with Crippen LogP contribution < -0.4 is 5.32 Å². The summed E-state index contributed by atoms with van der Waals surface area (Å²) < 4.78 is 11.3. The van der Waals surface area contributed by atoms with E-state index in [1.54, 1.807) is 18.7 Å². The number of nitrogens with one attached hydrogen (secondary N) is 1. The Kier molecular flexibility index (Phi) is 5.45. The minimum atomic E-state index is -1.03. The maximum atomic E-state index is 12.7. The fourth-order valence-corrected chi connectivity index (χ4v) is 2.93. The van der Waals surface area contributed by atoms with Gasteiger partial charge in [-0.1, -0.05) is 13.3 Å². The van der Waals surface area contributed by atoms with E-state index >= 15 is 0 Å². The van der Waals surface area contributed by atoms with Gasteiger partial charge in [-0.25, -0.2) is 0 Å². The fraction of sp³-hybridized carbons (Fsp3) is 0.875. The molecule has 6 nitrogen and oxygen atoms in total. The second-order valence-corrected chi connectivity index (χ2v) is 6.63. The molecular formula is C16H28N2O4. The Balaban J connectivity index is 1.88. The Morgan fingerprint density at radius 2 is 1.77 bits per heavy atom. The van der Waals surface area contributed by atoms with Gasteiger partial charge in [0.05, 0.1) is 13.2 Å². The SMILES string of the molecule is CCCCNC(=O)C(C)(C)C(=O)N1CCC2(CC1)OCCO2. The van der Waals surface area contributed by atoms with Crippen molar-refractivity contribution >= 4 is 11.8 Å². The summed E-state index contributed by atoms with van der Waals surface area (Å²) in [4.78, 5) is 26.7. The fourth-order valence-electron chi connectivity index (χ4n) is 2.93. The van der Waals surface area contributed by atoms with E-state index < -0.39 is 11.2 Å². The van der Waals surface area contributed by atoms with Crippen LogP contribution in [0, 0.1) is 5.41 Å². The third-order valence-corrected chi connectivity index (χ3v) is 4.54. The second-order valence-electron chi connectivity index (χ2n) is 6.63. The van der Waals surface area contributed by atoms with E-state index in [0.717, 1.165) is 12.8 Å². The highest BCUT2D eigenvalue weighted by Gasteiger charge is 2.45. The molecule has 0 bridgehead atoms. The van der Waals surface area contributed by atoms with E-state index in [1.165, 1.54) is 0 Å². The van der Waals surface area contributed by atoms with Gasteiger partial charge in [0.1, 0.15) is 5.41 Å². The molecule has 0 aromatic carbocycles. The molecule has 0 saturated carbocycles. The average molecular weight is 312 g/mol. The zero-order valence-corrected chi connectivity index (χ0v) is 13.9. The van der Waals surface area contributed by atoms with E-state index in [2.05, 4.69) is 12.2 Å². The lowest BCUT2D eigenvalue weighted by Gasteiger charge is -2.40. The van der Waals surface area contributed by atoms with Crippen molar-refractivity contribution in [3.05, 3.63) is 0 Å². The summed E-state index contributed by atoms with van der Waals surface area (Å²) in [6.07, 6.45) is 3.29. The van der Waals surface area contributed by atoms with E-state index in [1.807, 2.05) is 0 Å². The van der Waals surface area contributed by atoms with Gasteiger partial charge in [0, 0.05) is 32.5 Å². The molecule has 1 N–H and O–H groups in total. The Labute approximate surface area is 132 Å². The van der Waals surface area contributed by atoms with Crippen molar-refractivity contribution in [2.75, 3.05) is 32.8 Å². The largest absolute Gasteiger partial charge is 0.355 e. The third kappa shape index (κ3) is 3.60. The molecule has 0 aromatic rings. The molecule has 2 saturated heterocycles. The molecule has 0 aromatic heterocycles. The highest BCUT2D eigenvalue weighted by molar-refractivity contribution is 6.04. The van der Waals surface area contributed by atoms with Crippen LogP contribution in [0.25, 0.3) is 0 Å². The standard InChI is InChI=1S/C16H28N2O4/c1-4-5-8-17-13(19)15(2,3)14(20)18-9-6-16(7-10-18)21-11-12-22-16/h4-12H2,1-3H3,(H,17,19). The van der Waals surface area contributed by atoms with Crippen LogP contribution in [0.3, 0.4) is 0 Å². The number of amides is 2. The molecule has 0 atom stereocenters. The predicted molar refractivity (Wildman–Crippen MR) is 82.1 cm³/mol. The van der Waals surface area contributed by atoms with Gasteiger partial charge in [0.25, 0.3) is 0 Å². The number of rotatable bonds is 5. The molecule has 0 aliphatic carbocycles. The monoisotopic (exact) mass is 312 g/mol. The molecule has 2 amide bonds. The van der Waals surface area contributed by atoms with Crippen LogP contribution >= 0.6 is 0 Å². The van der Waals surface area contributed by atoms with Crippen LogP contribution in [0.2, 0.25) is 0 Å². The highest BCUT2D eigenvalue weighted by atomic mass is 16.7. The van der Waals surface area contributed by atoms with Gasteiger partial charge in [-0.05, 0) is 20.3 Å². The topological polar surface area (TPSA) is 67.9 Å². The first-order chi connectivity index (χ1) is 10.4. The summed E-state index contributed by atoms with van der Waals surface area (Å²) in [5, 5.41) is 2.86. The first-order valence-corrected chi connectivity index (χ1v) is 8.27. The van der Waals surface area contributed by atoms with Crippen LogP contribution in [0.15, 0.2) is 0 Å². The molecule has 2 rings (SSSR count). The van der Waals surface area contributed by atoms with Crippen LogP contribution in [-0.4, -0.2) is 55.3 Å². The number of hydrogen-bond acceptors (Lipinski definition) is 4. The summed E-state index contributed by atoms with van der Waals surface area (Å²) in [6, 6.07) is 0. The average Bonchev–Trinajstić information content (AvgIpc) is 2.95. The Hall–Kier alpha value is -1.14. The Morgan fingerprint density at radius 3 is 2.32 bits per heavy atom. The summed E-state index contributed by atoms with van der Waals surface area (Å²) >= 11 is 0. The van der Waals surface area contributed by atoms with Gasteiger partial charge in [-0.2, -0.15) is 0 Å². The van der Waals surface area contributed by atoms with Crippen molar-refractivity contribution in [1.82, 2.24) is 10.2 Å². The lowest BCUT2D eigenvalue weighted by molar-refractivity contribution is -0.189. The van der Waals surface area contributed by atoms with Crippen molar-refractivity contribution in [3.8, 4) is 0 Å². The number of hydrogen-bond donors (Lipinski definition) is 1. The van der Waals surface area contributed by atoms with Crippen molar-refractivity contribution in [3.63, 3.8) is 0 Å².